The molecule has 0 fully saturated rings. The normalized spacial score (nSPS) is 15.2. The maximum absolute atomic E-state index is 13.2. The average Bonchev–Trinajstić information content (AvgIpc) is 2.68. The second kappa shape index (κ2) is 13.1. The van der Waals surface area contributed by atoms with E-state index in [1.54, 1.807) is 0 Å². The smallest absolute Gasteiger partial charge is 0.213 e. The van der Waals surface area contributed by atoms with Crippen LogP contribution in [0.3, 0.4) is 0 Å². The lowest BCUT2D eigenvalue weighted by atomic mass is 9.86. The van der Waals surface area contributed by atoms with Crippen molar-refractivity contribution < 1.29 is 9.59 Å². The zero-order valence-corrected chi connectivity index (χ0v) is 19.6. The standard InChI is InChI=1S/C25H38N2O3/c1-7-8-9-13-20-22(26-16-18(4)5)24(28)21(23(27-30)25(20)29)15-14-19(6)12-10-11-17(2)3/h11,14,18,26H,7-10,12-13,15-16H2,1-6H3/b19-14+. The van der Waals surface area contributed by atoms with E-state index in [2.05, 4.69) is 37.3 Å². The highest BCUT2D eigenvalue weighted by atomic mass is 16.3. The first kappa shape index (κ1) is 25.7. The van der Waals surface area contributed by atoms with Crippen molar-refractivity contribution in [2.24, 2.45) is 11.1 Å². The molecule has 1 N–H and O–H groups in total. The van der Waals surface area contributed by atoms with Gasteiger partial charge in [-0.05, 0) is 64.0 Å². The van der Waals surface area contributed by atoms with Crippen LogP contribution in [-0.4, -0.2) is 18.1 Å². The number of nitrogens with zero attached hydrogens (tertiary/aromatic N) is 1. The Hall–Kier alpha value is -2.30. The average molecular weight is 415 g/mol. The predicted molar refractivity (Wildman–Crippen MR) is 124 cm³/mol. The molecular formula is C25H38N2O3. The Morgan fingerprint density at radius 1 is 1.03 bits per heavy atom. The van der Waals surface area contributed by atoms with Crippen LogP contribution in [0.1, 0.15) is 86.5 Å². The third-order valence-electron chi connectivity index (χ3n) is 5.13. The van der Waals surface area contributed by atoms with Crippen molar-refractivity contribution in [3.63, 3.8) is 0 Å². The highest BCUT2D eigenvalue weighted by molar-refractivity contribution is 6.24. The van der Waals surface area contributed by atoms with E-state index in [4.69, 9.17) is 0 Å². The predicted octanol–water partition coefficient (Wildman–Crippen LogP) is 6.32. The number of nitroso groups, excluding NO2 is 1. The van der Waals surface area contributed by atoms with E-state index in [1.807, 2.05) is 26.8 Å². The Kier molecular flexibility index (Phi) is 11.2. The maximum atomic E-state index is 13.2. The van der Waals surface area contributed by atoms with Gasteiger partial charge in [0, 0.05) is 17.7 Å². The summed E-state index contributed by atoms with van der Waals surface area (Å²) in [5.41, 5.74) is 3.17. The van der Waals surface area contributed by atoms with Gasteiger partial charge in [-0.1, -0.05) is 56.9 Å². The van der Waals surface area contributed by atoms with Gasteiger partial charge >= 0.3 is 0 Å². The van der Waals surface area contributed by atoms with E-state index in [0.717, 1.165) is 37.7 Å². The Morgan fingerprint density at radius 2 is 1.73 bits per heavy atom. The summed E-state index contributed by atoms with van der Waals surface area (Å²) in [7, 11) is 0. The monoisotopic (exact) mass is 414 g/mol. The number of ketones is 2. The summed E-state index contributed by atoms with van der Waals surface area (Å²) in [5, 5.41) is 6.18. The second-order valence-corrected chi connectivity index (χ2v) is 8.74. The summed E-state index contributed by atoms with van der Waals surface area (Å²) in [6.07, 6.45) is 9.44. The van der Waals surface area contributed by atoms with Gasteiger partial charge in [0.1, 0.15) is 0 Å². The molecule has 1 aliphatic carbocycles. The van der Waals surface area contributed by atoms with Crippen molar-refractivity contribution in [1.29, 1.82) is 0 Å². The van der Waals surface area contributed by atoms with Gasteiger partial charge in [0.25, 0.3) is 0 Å². The van der Waals surface area contributed by atoms with Crippen molar-refractivity contribution in [2.75, 3.05) is 6.54 Å². The van der Waals surface area contributed by atoms with E-state index in [9.17, 15) is 14.5 Å². The van der Waals surface area contributed by atoms with E-state index in [-0.39, 0.29) is 23.5 Å². The number of carbonyl (C=O) groups excluding carboxylic acids is 2. The van der Waals surface area contributed by atoms with Crippen LogP contribution in [0.5, 0.6) is 0 Å². The Morgan fingerprint density at radius 3 is 2.30 bits per heavy atom. The van der Waals surface area contributed by atoms with Crippen LogP contribution in [0.2, 0.25) is 0 Å². The van der Waals surface area contributed by atoms with E-state index >= 15 is 0 Å². The van der Waals surface area contributed by atoms with Gasteiger partial charge < -0.3 is 5.32 Å². The van der Waals surface area contributed by atoms with E-state index in [1.165, 1.54) is 5.57 Å². The minimum Gasteiger partial charge on any atom is -0.381 e. The zero-order valence-electron chi connectivity index (χ0n) is 19.6. The summed E-state index contributed by atoms with van der Waals surface area (Å²) >= 11 is 0. The Bertz CT molecular complexity index is 763. The number of unbranched alkanes of at least 4 members (excludes halogenated alkanes) is 2. The molecular weight excluding hydrogens is 376 g/mol. The minimum absolute atomic E-state index is 0.210. The summed E-state index contributed by atoms with van der Waals surface area (Å²) in [4.78, 5) is 37.8. The summed E-state index contributed by atoms with van der Waals surface area (Å²) in [6.45, 7) is 12.9. The van der Waals surface area contributed by atoms with Crippen LogP contribution in [0, 0.1) is 10.8 Å². The molecule has 166 valence electrons. The Labute approximate surface area is 181 Å². The molecule has 1 aliphatic rings. The zero-order chi connectivity index (χ0) is 22.7. The first-order valence-corrected chi connectivity index (χ1v) is 11.1. The van der Waals surface area contributed by atoms with Crippen molar-refractivity contribution in [1.82, 2.24) is 5.32 Å². The molecule has 5 nitrogen and oxygen atoms in total. The van der Waals surface area contributed by atoms with E-state index in [0.29, 0.717) is 30.2 Å². The fourth-order valence-corrected chi connectivity index (χ4v) is 3.33. The summed E-state index contributed by atoms with van der Waals surface area (Å²) in [6, 6.07) is 0. The molecule has 30 heavy (non-hydrogen) atoms. The van der Waals surface area contributed by atoms with E-state index < -0.39 is 5.78 Å². The van der Waals surface area contributed by atoms with Crippen LogP contribution in [0.4, 0.5) is 0 Å². The fourth-order valence-electron chi connectivity index (χ4n) is 3.33. The lowest BCUT2D eigenvalue weighted by Crippen LogP contribution is -2.33. The van der Waals surface area contributed by atoms with Crippen molar-refractivity contribution in [3.8, 4) is 0 Å². The fraction of sp³-hybridized carbons (Fsp3) is 0.600. The molecule has 0 spiro atoms. The molecule has 0 amide bonds. The van der Waals surface area contributed by atoms with Gasteiger partial charge in [-0.2, -0.15) is 0 Å². The van der Waals surface area contributed by atoms with Crippen LogP contribution in [0.25, 0.3) is 0 Å². The molecule has 0 bridgehead atoms. The number of hydrogen-bond donors (Lipinski definition) is 1. The molecule has 0 radical (unpaired) electrons. The highest BCUT2D eigenvalue weighted by Crippen LogP contribution is 2.30. The molecule has 5 heteroatoms. The third kappa shape index (κ3) is 7.85. The molecule has 0 saturated heterocycles. The molecule has 0 atom stereocenters. The molecule has 0 aliphatic heterocycles. The van der Waals surface area contributed by atoms with Gasteiger partial charge in [-0.25, -0.2) is 0 Å². The van der Waals surface area contributed by atoms with Gasteiger partial charge in [0.05, 0.1) is 5.70 Å². The SMILES string of the molecule is CCCCCC1=C(NCC(C)C)C(=O)C(C/C=C(\C)CCC=C(C)C)=C(N=O)C1=O. The molecule has 0 heterocycles. The number of allylic oxidation sites excluding steroid dienone is 6. The highest BCUT2D eigenvalue weighted by Gasteiger charge is 2.34. The molecule has 0 unspecified atom stereocenters. The largest absolute Gasteiger partial charge is 0.381 e. The topological polar surface area (TPSA) is 75.6 Å². The molecule has 0 saturated carbocycles. The van der Waals surface area contributed by atoms with Crippen LogP contribution in [-0.2, 0) is 9.59 Å². The number of rotatable bonds is 13. The van der Waals surface area contributed by atoms with Crippen LogP contribution >= 0.6 is 0 Å². The summed E-state index contributed by atoms with van der Waals surface area (Å²) < 4.78 is 0. The van der Waals surface area contributed by atoms with Gasteiger partial charge in [0.15, 0.2) is 5.70 Å². The summed E-state index contributed by atoms with van der Waals surface area (Å²) in [5.74, 6) is -0.324. The van der Waals surface area contributed by atoms with Crippen LogP contribution in [0.15, 0.2) is 51.0 Å². The number of hydrogen-bond acceptors (Lipinski definition) is 5. The third-order valence-corrected chi connectivity index (χ3v) is 5.13. The first-order valence-electron chi connectivity index (χ1n) is 11.1. The quantitative estimate of drug-likeness (QED) is 0.165. The lowest BCUT2D eigenvalue weighted by Gasteiger charge is -2.22. The molecule has 0 aromatic carbocycles. The maximum Gasteiger partial charge on any atom is 0.213 e. The minimum atomic E-state index is -0.391. The van der Waals surface area contributed by atoms with Crippen molar-refractivity contribution in [2.45, 2.75) is 86.5 Å². The van der Waals surface area contributed by atoms with Gasteiger partial charge in [-0.3, -0.25) is 9.59 Å². The number of carbonyl (C=O) groups is 2. The van der Waals surface area contributed by atoms with Crippen molar-refractivity contribution in [3.05, 3.63) is 50.7 Å². The first-order chi connectivity index (χ1) is 14.2. The number of Topliss-reactive ketones (excluding diaryl/α,β-unsaturated/α-hetero) is 2. The number of nitrogens with one attached hydrogen (secondary N) is 1. The van der Waals surface area contributed by atoms with Crippen molar-refractivity contribution >= 4 is 11.6 Å². The van der Waals surface area contributed by atoms with Gasteiger partial charge in [0.2, 0.25) is 11.6 Å². The Balaban J connectivity index is 3.15. The van der Waals surface area contributed by atoms with Crippen LogP contribution < -0.4 is 5.32 Å². The molecule has 1 rings (SSSR count). The molecule has 0 aromatic rings. The lowest BCUT2D eigenvalue weighted by molar-refractivity contribution is -0.117. The molecule has 0 aromatic heterocycles. The second-order valence-electron chi connectivity index (χ2n) is 8.74. The van der Waals surface area contributed by atoms with Gasteiger partial charge in [-0.15, -0.1) is 4.91 Å².